The standard InChI is InChI=1S/C15H22N2/c1-3-4-7-10-17(2)12-14-11-13-8-5-6-9-15(13)16-14/h3,5-6,8-9,14,16H,1,4,7,10-12H2,2H3. The number of likely N-dealkylation sites (N-methyl/N-ethyl adjacent to an activating group) is 1. The Labute approximate surface area is 104 Å². The summed E-state index contributed by atoms with van der Waals surface area (Å²) in [6, 6.07) is 9.19. The van der Waals surface area contributed by atoms with E-state index in [9.17, 15) is 0 Å². The van der Waals surface area contributed by atoms with Gasteiger partial charge in [-0.05, 0) is 44.5 Å². The van der Waals surface area contributed by atoms with Gasteiger partial charge >= 0.3 is 0 Å². The summed E-state index contributed by atoms with van der Waals surface area (Å²) in [4.78, 5) is 2.41. The smallest absolute Gasteiger partial charge is 0.0429 e. The zero-order valence-corrected chi connectivity index (χ0v) is 10.7. The minimum Gasteiger partial charge on any atom is -0.380 e. The third-order valence-corrected chi connectivity index (χ3v) is 3.32. The van der Waals surface area contributed by atoms with Crippen LogP contribution < -0.4 is 5.32 Å². The van der Waals surface area contributed by atoms with Crippen molar-refractivity contribution in [1.29, 1.82) is 0 Å². The van der Waals surface area contributed by atoms with Crippen molar-refractivity contribution in [2.45, 2.75) is 25.3 Å². The number of anilines is 1. The van der Waals surface area contributed by atoms with E-state index in [4.69, 9.17) is 0 Å². The third-order valence-electron chi connectivity index (χ3n) is 3.32. The highest BCUT2D eigenvalue weighted by Gasteiger charge is 2.20. The maximum Gasteiger partial charge on any atom is 0.0429 e. The number of rotatable bonds is 6. The van der Waals surface area contributed by atoms with E-state index in [1.807, 2.05) is 6.08 Å². The number of nitrogens with zero attached hydrogens (tertiary/aromatic N) is 1. The molecule has 0 saturated heterocycles. The summed E-state index contributed by atoms with van der Waals surface area (Å²) >= 11 is 0. The molecule has 17 heavy (non-hydrogen) atoms. The number of hydrogen-bond acceptors (Lipinski definition) is 2. The number of para-hydroxylation sites is 1. The molecule has 92 valence electrons. The van der Waals surface area contributed by atoms with Crippen LogP contribution in [-0.2, 0) is 6.42 Å². The van der Waals surface area contributed by atoms with E-state index in [0.717, 1.165) is 25.9 Å². The van der Waals surface area contributed by atoms with E-state index in [2.05, 4.69) is 48.1 Å². The van der Waals surface area contributed by atoms with Gasteiger partial charge in [-0.2, -0.15) is 0 Å². The molecule has 1 aliphatic rings. The van der Waals surface area contributed by atoms with Gasteiger partial charge in [-0.3, -0.25) is 0 Å². The topological polar surface area (TPSA) is 15.3 Å². The maximum absolute atomic E-state index is 3.76. The number of hydrogen-bond donors (Lipinski definition) is 1. The average molecular weight is 230 g/mol. The van der Waals surface area contributed by atoms with Crippen LogP contribution in [0.1, 0.15) is 18.4 Å². The largest absolute Gasteiger partial charge is 0.380 e. The van der Waals surface area contributed by atoms with Crippen LogP contribution in [0.5, 0.6) is 0 Å². The van der Waals surface area contributed by atoms with Gasteiger partial charge in [-0.15, -0.1) is 6.58 Å². The number of fused-ring (bicyclic) bond motifs is 1. The Bertz CT molecular complexity index is 348. The van der Waals surface area contributed by atoms with Crippen LogP contribution in [0.3, 0.4) is 0 Å². The van der Waals surface area contributed by atoms with Crippen molar-refractivity contribution in [3.05, 3.63) is 42.5 Å². The Morgan fingerprint density at radius 2 is 2.29 bits per heavy atom. The molecule has 0 radical (unpaired) electrons. The lowest BCUT2D eigenvalue weighted by molar-refractivity contribution is 0.316. The lowest BCUT2D eigenvalue weighted by atomic mass is 10.1. The van der Waals surface area contributed by atoms with Crippen molar-refractivity contribution in [3.8, 4) is 0 Å². The fraction of sp³-hybridized carbons (Fsp3) is 0.467. The van der Waals surface area contributed by atoms with E-state index in [1.165, 1.54) is 17.7 Å². The lowest BCUT2D eigenvalue weighted by Gasteiger charge is -2.21. The Balaban J connectivity index is 1.77. The van der Waals surface area contributed by atoms with Gasteiger partial charge in [-0.25, -0.2) is 0 Å². The van der Waals surface area contributed by atoms with Gasteiger partial charge in [-0.1, -0.05) is 24.3 Å². The highest BCUT2D eigenvalue weighted by atomic mass is 15.1. The second kappa shape index (κ2) is 5.87. The van der Waals surface area contributed by atoms with Crippen LogP contribution in [0.4, 0.5) is 5.69 Å². The van der Waals surface area contributed by atoms with E-state index < -0.39 is 0 Å². The Morgan fingerprint density at radius 3 is 3.06 bits per heavy atom. The highest BCUT2D eigenvalue weighted by Crippen LogP contribution is 2.25. The summed E-state index contributed by atoms with van der Waals surface area (Å²) in [6.07, 6.45) is 5.47. The first kappa shape index (κ1) is 12.2. The minimum atomic E-state index is 0.570. The molecule has 1 N–H and O–H groups in total. The second-order valence-electron chi connectivity index (χ2n) is 4.90. The molecule has 0 amide bonds. The molecule has 1 unspecified atom stereocenters. The minimum absolute atomic E-state index is 0.570. The third kappa shape index (κ3) is 3.34. The van der Waals surface area contributed by atoms with Crippen molar-refractivity contribution in [2.24, 2.45) is 0 Å². The number of benzene rings is 1. The molecular formula is C15H22N2. The SMILES string of the molecule is C=CCCCN(C)CC1Cc2ccccc2N1. The Kier molecular flexibility index (Phi) is 4.21. The molecule has 0 fully saturated rings. The summed E-state index contributed by atoms with van der Waals surface area (Å²) in [7, 11) is 2.20. The Hall–Kier alpha value is -1.28. The first-order chi connectivity index (χ1) is 8.29. The molecule has 1 aliphatic heterocycles. The van der Waals surface area contributed by atoms with Crippen molar-refractivity contribution in [3.63, 3.8) is 0 Å². The lowest BCUT2D eigenvalue weighted by Crippen LogP contribution is -2.33. The summed E-state index contributed by atoms with van der Waals surface area (Å²) in [5.74, 6) is 0. The molecule has 1 atom stereocenters. The van der Waals surface area contributed by atoms with Crippen molar-refractivity contribution in [1.82, 2.24) is 4.90 Å². The highest BCUT2D eigenvalue weighted by molar-refractivity contribution is 5.56. The molecule has 2 heteroatoms. The van der Waals surface area contributed by atoms with Crippen molar-refractivity contribution < 1.29 is 0 Å². The first-order valence-corrected chi connectivity index (χ1v) is 6.43. The molecule has 0 aliphatic carbocycles. The molecule has 2 nitrogen and oxygen atoms in total. The fourth-order valence-corrected chi connectivity index (χ4v) is 2.46. The molecule has 0 saturated carbocycles. The predicted molar refractivity (Wildman–Crippen MR) is 74.5 cm³/mol. The number of unbranched alkanes of at least 4 members (excludes halogenated alkanes) is 1. The molecule has 1 heterocycles. The van der Waals surface area contributed by atoms with Gasteiger partial charge in [0, 0.05) is 18.3 Å². The summed E-state index contributed by atoms with van der Waals surface area (Å²) < 4.78 is 0. The second-order valence-corrected chi connectivity index (χ2v) is 4.90. The van der Waals surface area contributed by atoms with Gasteiger partial charge in [0.25, 0.3) is 0 Å². The zero-order chi connectivity index (χ0) is 12.1. The van der Waals surface area contributed by atoms with Gasteiger partial charge in [0.15, 0.2) is 0 Å². The molecule has 2 rings (SSSR count). The van der Waals surface area contributed by atoms with Gasteiger partial charge in [0.2, 0.25) is 0 Å². The van der Waals surface area contributed by atoms with E-state index in [1.54, 1.807) is 0 Å². The maximum atomic E-state index is 3.76. The quantitative estimate of drug-likeness (QED) is 0.597. The van der Waals surface area contributed by atoms with Crippen molar-refractivity contribution >= 4 is 5.69 Å². The monoisotopic (exact) mass is 230 g/mol. The molecule has 1 aromatic carbocycles. The normalized spacial score (nSPS) is 17.9. The summed E-state index contributed by atoms with van der Waals surface area (Å²) in [5.41, 5.74) is 2.77. The number of allylic oxidation sites excluding steroid dienone is 1. The van der Waals surface area contributed by atoms with Crippen LogP contribution in [0.25, 0.3) is 0 Å². The van der Waals surface area contributed by atoms with E-state index in [-0.39, 0.29) is 0 Å². The molecular weight excluding hydrogens is 208 g/mol. The van der Waals surface area contributed by atoms with E-state index >= 15 is 0 Å². The molecule has 1 aromatic rings. The predicted octanol–water partition coefficient (Wildman–Crippen LogP) is 2.92. The summed E-state index contributed by atoms with van der Waals surface area (Å²) in [5, 5.41) is 3.59. The molecule has 0 aromatic heterocycles. The zero-order valence-electron chi connectivity index (χ0n) is 10.7. The van der Waals surface area contributed by atoms with Crippen LogP contribution >= 0.6 is 0 Å². The summed E-state index contributed by atoms with van der Waals surface area (Å²) in [6.45, 7) is 6.03. The number of nitrogens with one attached hydrogen (secondary N) is 1. The van der Waals surface area contributed by atoms with Crippen LogP contribution in [0, 0.1) is 0 Å². The van der Waals surface area contributed by atoms with Crippen molar-refractivity contribution in [2.75, 3.05) is 25.5 Å². The van der Waals surface area contributed by atoms with Gasteiger partial charge in [0.05, 0.1) is 0 Å². The van der Waals surface area contributed by atoms with Crippen LogP contribution in [0.15, 0.2) is 36.9 Å². The average Bonchev–Trinajstić information content (AvgIpc) is 2.71. The fourth-order valence-electron chi connectivity index (χ4n) is 2.46. The van der Waals surface area contributed by atoms with Crippen LogP contribution in [0.2, 0.25) is 0 Å². The van der Waals surface area contributed by atoms with Gasteiger partial charge in [0.1, 0.15) is 0 Å². The first-order valence-electron chi connectivity index (χ1n) is 6.43. The van der Waals surface area contributed by atoms with E-state index in [0.29, 0.717) is 6.04 Å². The van der Waals surface area contributed by atoms with Gasteiger partial charge < -0.3 is 10.2 Å². The Morgan fingerprint density at radius 1 is 1.47 bits per heavy atom. The molecule has 0 bridgehead atoms. The van der Waals surface area contributed by atoms with Crippen LogP contribution in [-0.4, -0.2) is 31.1 Å². The molecule has 0 spiro atoms.